The zero-order valence-corrected chi connectivity index (χ0v) is 18.7. The highest BCUT2D eigenvalue weighted by atomic mass is 16.5. The number of carbonyl (C=O) groups excluding carboxylic acids is 3. The number of amides is 1. The molecule has 10 heteroatoms. The molecular weight excluding hydrogens is 442 g/mol. The maximum Gasteiger partial charge on any atom is 0.343 e. The van der Waals surface area contributed by atoms with Crippen molar-refractivity contribution in [1.29, 1.82) is 5.41 Å². The Morgan fingerprint density at radius 3 is 2.12 bits per heavy atom. The molecule has 0 saturated carbocycles. The molecular formula is C24H25N3O7. The first kappa shape index (κ1) is 25.8. The van der Waals surface area contributed by atoms with Gasteiger partial charge in [0.15, 0.2) is 0 Å². The molecule has 2 rings (SSSR count). The summed E-state index contributed by atoms with van der Waals surface area (Å²) in [5.74, 6) is -3.00. The number of carbonyl (C=O) groups is 4. The maximum absolute atomic E-state index is 12.7. The number of hydrogen-bond acceptors (Lipinski definition) is 7. The Balaban J connectivity index is 2.09. The third kappa shape index (κ3) is 7.59. The van der Waals surface area contributed by atoms with Crippen LogP contribution in [0.1, 0.15) is 35.3 Å². The van der Waals surface area contributed by atoms with Crippen molar-refractivity contribution in [3.63, 3.8) is 0 Å². The van der Waals surface area contributed by atoms with Gasteiger partial charge in [-0.3, -0.25) is 19.8 Å². The predicted molar refractivity (Wildman–Crippen MR) is 123 cm³/mol. The van der Waals surface area contributed by atoms with Crippen LogP contribution in [0, 0.1) is 5.41 Å². The number of nitrogens with zero attached hydrogens (tertiary/aromatic N) is 1. The minimum absolute atomic E-state index is 0.0951. The number of carboxylic acids is 1. The minimum Gasteiger partial charge on any atom is -0.480 e. The van der Waals surface area contributed by atoms with Crippen molar-refractivity contribution in [1.82, 2.24) is 4.90 Å². The number of nitrogens with one attached hydrogen (secondary N) is 1. The van der Waals surface area contributed by atoms with E-state index in [9.17, 15) is 19.2 Å². The van der Waals surface area contributed by atoms with E-state index in [4.69, 9.17) is 25.7 Å². The number of benzene rings is 2. The van der Waals surface area contributed by atoms with Crippen molar-refractivity contribution in [2.75, 3.05) is 19.7 Å². The van der Waals surface area contributed by atoms with Crippen LogP contribution in [-0.2, 0) is 19.1 Å². The number of ether oxygens (including phenoxy) is 2. The molecule has 0 atom stereocenters. The molecule has 0 aliphatic heterocycles. The number of aliphatic carboxylic acids is 1. The fourth-order valence-electron chi connectivity index (χ4n) is 2.87. The lowest BCUT2D eigenvalue weighted by atomic mass is 10.1. The van der Waals surface area contributed by atoms with Crippen molar-refractivity contribution in [3.8, 4) is 5.75 Å². The summed E-state index contributed by atoms with van der Waals surface area (Å²) in [5.41, 5.74) is 6.95. The van der Waals surface area contributed by atoms with Crippen LogP contribution in [-0.4, -0.2) is 59.4 Å². The Labute approximate surface area is 196 Å². The molecule has 0 heterocycles. The summed E-state index contributed by atoms with van der Waals surface area (Å²) in [5, 5.41) is 16.4. The molecule has 2 aromatic rings. The van der Waals surface area contributed by atoms with Gasteiger partial charge in [0.2, 0.25) is 0 Å². The molecule has 0 radical (unpaired) electrons. The van der Waals surface area contributed by atoms with Gasteiger partial charge in [-0.2, -0.15) is 0 Å². The van der Waals surface area contributed by atoms with Gasteiger partial charge in [0, 0.05) is 11.1 Å². The van der Waals surface area contributed by atoms with Crippen LogP contribution in [0.15, 0.2) is 54.1 Å². The van der Waals surface area contributed by atoms with E-state index >= 15 is 0 Å². The molecule has 0 aliphatic carbocycles. The number of amidine groups is 1. The number of esters is 2. The van der Waals surface area contributed by atoms with Gasteiger partial charge in [-0.05, 0) is 61.9 Å². The Hall–Kier alpha value is -4.47. The van der Waals surface area contributed by atoms with Gasteiger partial charge < -0.3 is 25.2 Å². The lowest BCUT2D eigenvalue weighted by Gasteiger charge is -2.20. The second-order valence-electron chi connectivity index (χ2n) is 7.14. The lowest BCUT2D eigenvalue weighted by molar-refractivity contribution is -0.150. The minimum atomic E-state index is -1.26. The second kappa shape index (κ2) is 12.0. The number of carboxylic acid groups (broad SMARTS) is 1. The monoisotopic (exact) mass is 467 g/mol. The smallest absolute Gasteiger partial charge is 0.343 e. The molecule has 0 fully saturated rings. The topological polar surface area (TPSA) is 160 Å². The molecule has 0 unspecified atom stereocenters. The maximum atomic E-state index is 12.7. The van der Waals surface area contributed by atoms with E-state index in [1.807, 2.05) is 0 Å². The van der Waals surface area contributed by atoms with Crippen LogP contribution in [0.4, 0.5) is 0 Å². The largest absolute Gasteiger partial charge is 0.480 e. The predicted octanol–water partition coefficient (Wildman–Crippen LogP) is 2.07. The first-order valence-corrected chi connectivity index (χ1v) is 10.2. The fourth-order valence-corrected chi connectivity index (χ4v) is 2.87. The van der Waals surface area contributed by atoms with Crippen molar-refractivity contribution in [2.45, 2.75) is 13.8 Å². The zero-order valence-electron chi connectivity index (χ0n) is 18.7. The summed E-state index contributed by atoms with van der Waals surface area (Å²) in [4.78, 5) is 48.7. The van der Waals surface area contributed by atoms with Gasteiger partial charge in [-0.1, -0.05) is 12.1 Å². The first-order chi connectivity index (χ1) is 16.1. The molecule has 10 nitrogen and oxygen atoms in total. The Morgan fingerprint density at radius 1 is 1.00 bits per heavy atom. The highest BCUT2D eigenvalue weighted by Crippen LogP contribution is 2.16. The summed E-state index contributed by atoms with van der Waals surface area (Å²) < 4.78 is 10.1. The third-order valence-electron chi connectivity index (χ3n) is 4.48. The normalized spacial score (nSPS) is 10.8. The van der Waals surface area contributed by atoms with Crippen LogP contribution < -0.4 is 10.5 Å². The van der Waals surface area contributed by atoms with E-state index in [-0.39, 0.29) is 23.6 Å². The van der Waals surface area contributed by atoms with Crippen molar-refractivity contribution < 1.29 is 33.8 Å². The Morgan fingerprint density at radius 2 is 1.59 bits per heavy atom. The summed E-state index contributed by atoms with van der Waals surface area (Å²) in [6.07, 6.45) is 1.51. The number of nitrogens with two attached hydrogens (primary N) is 1. The van der Waals surface area contributed by atoms with Gasteiger partial charge >= 0.3 is 17.9 Å². The Bertz CT molecular complexity index is 1110. The summed E-state index contributed by atoms with van der Waals surface area (Å²) in [6, 6.07) is 12.4. The molecule has 4 N–H and O–H groups in total. The van der Waals surface area contributed by atoms with Gasteiger partial charge in [-0.15, -0.1) is 0 Å². The molecule has 2 aromatic carbocycles. The van der Waals surface area contributed by atoms with Crippen LogP contribution in [0.2, 0.25) is 0 Å². The van der Waals surface area contributed by atoms with Crippen LogP contribution >= 0.6 is 0 Å². The highest BCUT2D eigenvalue weighted by molar-refractivity contribution is 6.00. The quantitative estimate of drug-likeness (QED) is 0.157. The first-order valence-electron chi connectivity index (χ1n) is 10.2. The average Bonchev–Trinajstić information content (AvgIpc) is 2.78. The van der Waals surface area contributed by atoms with Crippen molar-refractivity contribution in [3.05, 3.63) is 70.8 Å². The van der Waals surface area contributed by atoms with Crippen LogP contribution in [0.3, 0.4) is 0 Å². The zero-order chi connectivity index (χ0) is 25.3. The van der Waals surface area contributed by atoms with E-state index in [0.717, 1.165) is 4.90 Å². The molecule has 0 spiro atoms. The summed E-state index contributed by atoms with van der Waals surface area (Å²) in [7, 11) is 0. The van der Waals surface area contributed by atoms with Gasteiger partial charge in [0.25, 0.3) is 5.91 Å². The lowest BCUT2D eigenvalue weighted by Crippen LogP contribution is -2.40. The van der Waals surface area contributed by atoms with E-state index in [2.05, 4.69) is 0 Å². The summed E-state index contributed by atoms with van der Waals surface area (Å²) >= 11 is 0. The van der Waals surface area contributed by atoms with E-state index in [1.165, 1.54) is 37.3 Å². The van der Waals surface area contributed by atoms with E-state index in [1.54, 1.807) is 31.2 Å². The fraction of sp³-hybridized carbons (Fsp3) is 0.208. The van der Waals surface area contributed by atoms with Gasteiger partial charge in [0.1, 0.15) is 24.7 Å². The van der Waals surface area contributed by atoms with E-state index in [0.29, 0.717) is 16.9 Å². The molecule has 0 aromatic heterocycles. The number of nitrogen functional groups attached to an aromatic ring is 1. The van der Waals surface area contributed by atoms with Crippen molar-refractivity contribution in [2.24, 2.45) is 5.73 Å². The Kier molecular flexibility index (Phi) is 9.07. The van der Waals surface area contributed by atoms with E-state index < -0.39 is 36.9 Å². The van der Waals surface area contributed by atoms with Crippen LogP contribution in [0.25, 0.3) is 6.08 Å². The second-order valence-corrected chi connectivity index (χ2v) is 7.14. The standard InChI is InChI=1S/C24H25N3O7/c1-3-33-21(30)14-27(13-20(28)29)23(31)15(2)12-16-4-6-18(7-5-16)24(32)34-19-10-8-17(9-11-19)22(25)26/h4-12H,3,13-14H2,1-2H3,(H3,25,26)(H,28,29). The third-order valence-corrected chi connectivity index (χ3v) is 4.48. The molecule has 178 valence electrons. The summed E-state index contributed by atoms with van der Waals surface area (Å²) in [6.45, 7) is 2.08. The molecule has 34 heavy (non-hydrogen) atoms. The van der Waals surface area contributed by atoms with Gasteiger partial charge in [0.05, 0.1) is 12.2 Å². The molecule has 0 bridgehead atoms. The average molecular weight is 467 g/mol. The van der Waals surface area contributed by atoms with Crippen LogP contribution in [0.5, 0.6) is 5.75 Å². The molecule has 0 saturated heterocycles. The number of rotatable bonds is 10. The number of hydrogen-bond donors (Lipinski definition) is 3. The molecule has 0 aliphatic rings. The van der Waals surface area contributed by atoms with Gasteiger partial charge in [-0.25, -0.2) is 4.79 Å². The SMILES string of the molecule is CCOC(=O)CN(CC(=O)O)C(=O)C(C)=Cc1ccc(C(=O)Oc2ccc(C(=N)N)cc2)cc1. The van der Waals surface area contributed by atoms with Crippen molar-refractivity contribution >= 4 is 35.7 Å². The molecule has 1 amide bonds. The highest BCUT2D eigenvalue weighted by Gasteiger charge is 2.22.